The van der Waals surface area contributed by atoms with Crippen molar-refractivity contribution in [3.05, 3.63) is 142 Å². The molecule has 0 saturated heterocycles. The SMILES string of the molecule is CNCC(CCCN(c1cc(C)c(/N=c2\sc3ccccc3n2COCC[Si](C)(C)C)nn1)c1nc(C(=O)O)c(CCCOc2ccc(C#CCN(C)C)cc2F)s1)O[Si](c1ccccc1)(c1ccccc1)C(C)(C)C. The van der Waals surface area contributed by atoms with Crippen LogP contribution in [0.3, 0.4) is 0 Å². The standard InChI is InChI=1S/C58H73FN8O5S2Si2/c1-42-38-52(63-64-54(42)62-57-67(41-70-36-37-75(8,9)10)48-28-17-18-29-50(48)73-57)66(34-20-23-44(40-60-5)72-76(58(2,3)4,45-24-13-11-14-25-45)46-26-15-12-16-27-46)56-61-53(55(68)69)51(74-56)30-21-35-71-49-32-31-43(39-47(49)59)22-19-33-65(6)7/h11-18,24-29,31-32,38-39,44,60H,20-21,23,30,33-37,40-41H2,1-10H3,(H,68,69)/b62-57-. The highest BCUT2D eigenvalue weighted by Gasteiger charge is 2.51. The fourth-order valence-corrected chi connectivity index (χ4v) is 16.5. The molecule has 4 aromatic carbocycles. The summed E-state index contributed by atoms with van der Waals surface area (Å²) < 4.78 is 38.0. The number of aryl methyl sites for hydroxylation is 2. The number of nitrogens with one attached hydrogen (secondary N) is 1. The average Bonchev–Trinajstić information content (AvgIpc) is 3.97. The van der Waals surface area contributed by atoms with Gasteiger partial charge in [0.25, 0.3) is 8.32 Å². The molecule has 1 unspecified atom stereocenters. The van der Waals surface area contributed by atoms with Gasteiger partial charge in [-0.15, -0.1) is 21.5 Å². The van der Waals surface area contributed by atoms with Crippen LogP contribution in [0, 0.1) is 24.6 Å². The largest absolute Gasteiger partial charge is 0.491 e. The predicted molar refractivity (Wildman–Crippen MR) is 313 cm³/mol. The minimum absolute atomic E-state index is 0.0439. The molecular formula is C58H73FN8O5S2Si2. The molecule has 0 aliphatic heterocycles. The summed E-state index contributed by atoms with van der Waals surface area (Å²) in [5, 5.41) is 26.2. The Morgan fingerprint density at radius 1 is 0.921 bits per heavy atom. The van der Waals surface area contributed by atoms with Crippen molar-refractivity contribution in [3.8, 4) is 17.6 Å². The molecule has 2 N–H and O–H groups in total. The molecular weight excluding hydrogens is 1030 g/mol. The van der Waals surface area contributed by atoms with Gasteiger partial charge in [-0.3, -0.25) is 9.47 Å². The van der Waals surface area contributed by atoms with E-state index in [0.29, 0.717) is 85.9 Å². The number of carboxylic acids is 1. The molecule has 76 heavy (non-hydrogen) atoms. The van der Waals surface area contributed by atoms with Crippen molar-refractivity contribution >= 4 is 82.4 Å². The summed E-state index contributed by atoms with van der Waals surface area (Å²) in [5.41, 5.74) is 2.34. The molecule has 1 atom stereocenters. The van der Waals surface area contributed by atoms with Crippen molar-refractivity contribution in [2.24, 2.45) is 4.99 Å². The lowest BCUT2D eigenvalue weighted by molar-refractivity contribution is 0.0690. The lowest BCUT2D eigenvalue weighted by Gasteiger charge is -2.45. The first-order valence-corrected chi connectivity index (χ1v) is 33.2. The zero-order chi connectivity index (χ0) is 54.5. The van der Waals surface area contributed by atoms with Crippen molar-refractivity contribution in [1.82, 2.24) is 30.0 Å². The number of para-hydroxylation sites is 1. The maximum Gasteiger partial charge on any atom is 0.355 e. The van der Waals surface area contributed by atoms with E-state index in [1.165, 1.54) is 27.8 Å². The summed E-state index contributed by atoms with van der Waals surface area (Å²) in [6.07, 6.45) is 1.91. The fraction of sp³-hybridized carbons (Fsp3) is 0.397. The van der Waals surface area contributed by atoms with Crippen LogP contribution in [-0.2, 0) is 22.3 Å². The fourth-order valence-electron chi connectivity index (χ4n) is 8.92. The monoisotopic (exact) mass is 1100 g/mol. The van der Waals surface area contributed by atoms with E-state index in [4.69, 9.17) is 34.1 Å². The minimum atomic E-state index is -2.91. The number of nitrogens with zero attached hydrogens (tertiary/aromatic N) is 7. The quantitative estimate of drug-likeness (QED) is 0.0321. The number of rotatable bonds is 25. The Morgan fingerprint density at radius 2 is 1.62 bits per heavy atom. The van der Waals surface area contributed by atoms with E-state index >= 15 is 4.39 Å². The lowest BCUT2D eigenvalue weighted by Crippen LogP contribution is -2.68. The third kappa shape index (κ3) is 15.0. The number of ether oxygens (including phenoxy) is 2. The van der Waals surface area contributed by atoms with Crippen LogP contribution in [0.5, 0.6) is 5.75 Å². The molecule has 7 rings (SSSR count). The highest BCUT2D eigenvalue weighted by molar-refractivity contribution is 7.16. The second-order valence-electron chi connectivity index (χ2n) is 21.4. The number of hydrogen-bond donors (Lipinski definition) is 2. The van der Waals surface area contributed by atoms with E-state index in [-0.39, 0.29) is 29.2 Å². The van der Waals surface area contributed by atoms with Gasteiger partial charge in [-0.2, -0.15) is 4.99 Å². The van der Waals surface area contributed by atoms with E-state index < -0.39 is 28.2 Å². The van der Waals surface area contributed by atoms with Gasteiger partial charge in [0.05, 0.1) is 29.5 Å². The highest BCUT2D eigenvalue weighted by atomic mass is 32.1. The summed E-state index contributed by atoms with van der Waals surface area (Å²) in [4.78, 5) is 28.0. The molecule has 7 aromatic rings. The van der Waals surface area contributed by atoms with Crippen LogP contribution >= 0.6 is 22.7 Å². The van der Waals surface area contributed by atoms with Crippen LogP contribution in [0.2, 0.25) is 30.7 Å². The van der Waals surface area contributed by atoms with Crippen molar-refractivity contribution in [2.75, 3.05) is 58.9 Å². The Morgan fingerprint density at radius 3 is 2.25 bits per heavy atom. The van der Waals surface area contributed by atoms with Gasteiger partial charge >= 0.3 is 5.97 Å². The topological polar surface area (TPSA) is 139 Å². The third-order valence-corrected chi connectivity index (χ3v) is 21.8. The number of aromatic carboxylic acids is 1. The first kappa shape index (κ1) is 57.8. The predicted octanol–water partition coefficient (Wildman–Crippen LogP) is 10.6. The molecule has 18 heteroatoms. The molecule has 0 radical (unpaired) electrons. The third-order valence-electron chi connectivity index (χ3n) is 12.8. The van der Waals surface area contributed by atoms with Gasteiger partial charge < -0.3 is 29.2 Å². The maximum absolute atomic E-state index is 15.1. The van der Waals surface area contributed by atoms with Crippen molar-refractivity contribution in [3.63, 3.8) is 0 Å². The molecule has 3 heterocycles. The Balaban J connectivity index is 1.19. The molecule has 0 bridgehead atoms. The number of likely N-dealkylation sites (N-methyl/N-ethyl adjacent to an activating group) is 1. The number of benzene rings is 4. The normalized spacial score (nSPS) is 12.8. The number of carbonyl (C=O) groups is 1. The molecule has 3 aromatic heterocycles. The summed E-state index contributed by atoms with van der Waals surface area (Å²) in [5.74, 6) is 5.44. The zero-order valence-electron chi connectivity index (χ0n) is 45.7. The van der Waals surface area contributed by atoms with Gasteiger partial charge in [0.1, 0.15) is 6.73 Å². The number of halogens is 1. The summed E-state index contributed by atoms with van der Waals surface area (Å²) in [7, 11) is 1.60. The zero-order valence-corrected chi connectivity index (χ0v) is 49.3. The van der Waals surface area contributed by atoms with Gasteiger partial charge in [0, 0.05) is 38.2 Å². The molecule has 0 aliphatic rings. The number of hydrogen-bond acceptors (Lipinski definition) is 13. The van der Waals surface area contributed by atoms with Crippen LogP contribution < -0.4 is 30.1 Å². The lowest BCUT2D eigenvalue weighted by atomic mass is 10.2. The molecule has 0 amide bonds. The Kier molecular flexibility index (Phi) is 20.1. The van der Waals surface area contributed by atoms with Crippen LogP contribution in [0.15, 0.2) is 114 Å². The van der Waals surface area contributed by atoms with E-state index in [2.05, 4.69) is 123 Å². The van der Waals surface area contributed by atoms with Gasteiger partial charge in [-0.05, 0) is 117 Å². The average molecular weight is 1100 g/mol. The Bertz CT molecular complexity index is 3120. The minimum Gasteiger partial charge on any atom is -0.491 e. The first-order chi connectivity index (χ1) is 36.4. The van der Waals surface area contributed by atoms with E-state index in [0.717, 1.165) is 26.6 Å². The molecule has 0 saturated carbocycles. The van der Waals surface area contributed by atoms with Crippen LogP contribution in [0.1, 0.15) is 66.5 Å². The van der Waals surface area contributed by atoms with Crippen molar-refractivity contribution < 1.29 is 28.2 Å². The number of fused-ring (bicyclic) bond motifs is 1. The second kappa shape index (κ2) is 26.4. The highest BCUT2D eigenvalue weighted by Crippen LogP contribution is 2.39. The summed E-state index contributed by atoms with van der Waals surface area (Å²) in [6.45, 7) is 18.6. The summed E-state index contributed by atoms with van der Waals surface area (Å²) >= 11 is 2.87. The number of anilines is 2. The van der Waals surface area contributed by atoms with Gasteiger partial charge in [0.2, 0.25) is 0 Å². The number of aromatic nitrogens is 4. The molecule has 0 fully saturated rings. The van der Waals surface area contributed by atoms with Crippen molar-refractivity contribution in [1.29, 1.82) is 0 Å². The molecule has 0 aliphatic carbocycles. The Hall–Kier alpha value is -5.89. The smallest absolute Gasteiger partial charge is 0.355 e. The summed E-state index contributed by atoms with van der Waals surface area (Å²) in [6, 6.07) is 37.2. The Labute approximate surface area is 458 Å². The van der Waals surface area contributed by atoms with Gasteiger partial charge in [-0.1, -0.05) is 136 Å². The second-order valence-corrected chi connectivity index (χ2v) is 33.4. The van der Waals surface area contributed by atoms with Crippen LogP contribution in [0.25, 0.3) is 10.2 Å². The maximum atomic E-state index is 15.1. The molecule has 0 spiro atoms. The van der Waals surface area contributed by atoms with Crippen molar-refractivity contribution in [2.45, 2.75) is 96.9 Å². The van der Waals surface area contributed by atoms with Gasteiger partial charge in [-0.25, -0.2) is 14.2 Å². The van der Waals surface area contributed by atoms with Crippen LogP contribution in [-0.4, -0.2) is 112 Å². The van der Waals surface area contributed by atoms with Crippen LogP contribution in [0.4, 0.5) is 21.2 Å². The number of thiazole rings is 2. The molecule has 13 nitrogen and oxygen atoms in total. The number of carboxylic acid groups (broad SMARTS) is 1. The van der Waals surface area contributed by atoms with E-state index in [1.54, 1.807) is 23.5 Å². The first-order valence-electron chi connectivity index (χ1n) is 25.9. The van der Waals surface area contributed by atoms with E-state index in [9.17, 15) is 9.90 Å². The molecule has 402 valence electrons. The van der Waals surface area contributed by atoms with Gasteiger partial charge in [0.15, 0.2) is 38.8 Å². The van der Waals surface area contributed by atoms with E-state index in [1.807, 2.05) is 68.2 Å².